The number of nitro groups is 1. The van der Waals surface area contributed by atoms with Crippen molar-refractivity contribution in [2.24, 2.45) is 0 Å². The molecule has 9 heteroatoms. The minimum Gasteiger partial charge on any atom is -0.449 e. The minimum absolute atomic E-state index is 0.0146. The number of likely N-dealkylation sites (N-methyl/N-ethyl adjacent to an activating group) is 1. The Kier molecular flexibility index (Phi) is 6.63. The molecular weight excluding hydrogens is 390 g/mol. The Morgan fingerprint density at radius 2 is 1.83 bits per heavy atom. The van der Waals surface area contributed by atoms with Crippen LogP contribution >= 0.6 is 0 Å². The van der Waals surface area contributed by atoms with Crippen LogP contribution in [0.4, 0.5) is 17.1 Å². The van der Waals surface area contributed by atoms with Crippen molar-refractivity contribution in [1.29, 1.82) is 0 Å². The van der Waals surface area contributed by atoms with Gasteiger partial charge in [-0.15, -0.1) is 0 Å². The molecule has 0 radical (unpaired) electrons. The van der Waals surface area contributed by atoms with Crippen molar-refractivity contribution in [3.8, 4) is 0 Å². The molecule has 0 unspecified atom stereocenters. The Labute approximate surface area is 173 Å². The van der Waals surface area contributed by atoms with E-state index in [1.54, 1.807) is 31.3 Å². The largest absolute Gasteiger partial charge is 0.449 e. The van der Waals surface area contributed by atoms with Crippen LogP contribution in [-0.2, 0) is 14.3 Å². The van der Waals surface area contributed by atoms with Crippen LogP contribution in [-0.4, -0.2) is 56.3 Å². The van der Waals surface area contributed by atoms with Crippen LogP contribution in [0.1, 0.15) is 17.3 Å². The number of nitro benzene ring substituents is 1. The predicted octanol–water partition coefficient (Wildman–Crippen LogP) is 2.64. The van der Waals surface area contributed by atoms with E-state index in [9.17, 15) is 19.7 Å². The molecule has 0 aliphatic carbocycles. The number of anilines is 2. The number of benzene rings is 2. The fourth-order valence-corrected chi connectivity index (χ4v) is 3.20. The summed E-state index contributed by atoms with van der Waals surface area (Å²) in [5.41, 5.74) is 0.913. The highest BCUT2D eigenvalue weighted by Crippen LogP contribution is 2.30. The highest BCUT2D eigenvalue weighted by atomic mass is 16.6. The van der Waals surface area contributed by atoms with Gasteiger partial charge in [0.15, 0.2) is 6.10 Å². The van der Waals surface area contributed by atoms with E-state index in [1.165, 1.54) is 30.0 Å². The van der Waals surface area contributed by atoms with Gasteiger partial charge in [-0.3, -0.25) is 14.9 Å². The summed E-state index contributed by atoms with van der Waals surface area (Å²) in [6.07, 6.45) is -1.05. The Morgan fingerprint density at radius 1 is 1.17 bits per heavy atom. The zero-order valence-corrected chi connectivity index (χ0v) is 16.8. The average molecular weight is 413 g/mol. The van der Waals surface area contributed by atoms with Crippen molar-refractivity contribution in [2.75, 3.05) is 43.2 Å². The van der Waals surface area contributed by atoms with E-state index in [2.05, 4.69) is 0 Å². The fourth-order valence-electron chi connectivity index (χ4n) is 3.20. The smallest absolute Gasteiger partial charge is 0.339 e. The molecule has 1 amide bonds. The SMILES string of the molecule is C[C@H](OC(=O)c1ccc(N2CCOCC2)c([N+](=O)[O-])c1)C(=O)N(C)c1ccccc1. The van der Waals surface area contributed by atoms with Crippen molar-refractivity contribution >= 4 is 28.9 Å². The second-order valence-corrected chi connectivity index (χ2v) is 6.84. The molecular formula is C21H23N3O6. The first-order chi connectivity index (χ1) is 14.4. The average Bonchev–Trinajstić information content (AvgIpc) is 2.78. The third-order valence-electron chi connectivity index (χ3n) is 4.87. The lowest BCUT2D eigenvalue weighted by Gasteiger charge is -2.28. The lowest BCUT2D eigenvalue weighted by Crippen LogP contribution is -2.37. The monoisotopic (exact) mass is 413 g/mol. The van der Waals surface area contributed by atoms with Crippen molar-refractivity contribution < 1.29 is 24.0 Å². The summed E-state index contributed by atoms with van der Waals surface area (Å²) in [5, 5.41) is 11.6. The number of morpholine rings is 1. The summed E-state index contributed by atoms with van der Waals surface area (Å²) in [6.45, 7) is 3.49. The van der Waals surface area contributed by atoms with Gasteiger partial charge in [0.2, 0.25) is 0 Å². The lowest BCUT2D eigenvalue weighted by atomic mass is 10.1. The van der Waals surface area contributed by atoms with E-state index in [0.29, 0.717) is 37.7 Å². The van der Waals surface area contributed by atoms with Gasteiger partial charge < -0.3 is 19.3 Å². The highest BCUT2D eigenvalue weighted by Gasteiger charge is 2.26. The Morgan fingerprint density at radius 3 is 2.47 bits per heavy atom. The van der Waals surface area contributed by atoms with Gasteiger partial charge in [-0.2, -0.15) is 0 Å². The van der Waals surface area contributed by atoms with E-state index in [1.807, 2.05) is 11.0 Å². The van der Waals surface area contributed by atoms with Gasteiger partial charge in [0.1, 0.15) is 5.69 Å². The van der Waals surface area contributed by atoms with Gasteiger partial charge >= 0.3 is 5.97 Å². The van der Waals surface area contributed by atoms with Crippen LogP contribution in [0.2, 0.25) is 0 Å². The number of hydrogen-bond donors (Lipinski definition) is 0. The van der Waals surface area contributed by atoms with Crippen molar-refractivity contribution in [3.05, 3.63) is 64.2 Å². The van der Waals surface area contributed by atoms with Crippen molar-refractivity contribution in [2.45, 2.75) is 13.0 Å². The molecule has 1 fully saturated rings. The number of amides is 1. The number of carbonyl (C=O) groups is 2. The Balaban J connectivity index is 1.73. The summed E-state index contributed by atoms with van der Waals surface area (Å²) in [4.78, 5) is 39.4. The first-order valence-electron chi connectivity index (χ1n) is 9.53. The van der Waals surface area contributed by atoms with Gasteiger partial charge in [0.25, 0.3) is 11.6 Å². The summed E-state index contributed by atoms with van der Waals surface area (Å²) < 4.78 is 10.6. The molecule has 0 spiro atoms. The molecule has 1 atom stereocenters. The number of nitrogens with zero attached hydrogens (tertiary/aromatic N) is 3. The number of carbonyl (C=O) groups excluding carboxylic acids is 2. The quantitative estimate of drug-likeness (QED) is 0.407. The molecule has 1 heterocycles. The van der Waals surface area contributed by atoms with E-state index >= 15 is 0 Å². The maximum atomic E-state index is 12.6. The molecule has 0 bridgehead atoms. The molecule has 1 aliphatic heterocycles. The molecule has 9 nitrogen and oxygen atoms in total. The second kappa shape index (κ2) is 9.36. The van der Waals surface area contributed by atoms with Crippen molar-refractivity contribution in [3.63, 3.8) is 0 Å². The molecule has 0 N–H and O–H groups in total. The number of rotatable bonds is 6. The normalized spacial score (nSPS) is 14.7. The van der Waals surface area contributed by atoms with E-state index in [-0.39, 0.29) is 11.3 Å². The Hall–Kier alpha value is -3.46. The van der Waals surface area contributed by atoms with E-state index < -0.39 is 22.9 Å². The first kappa shape index (κ1) is 21.3. The summed E-state index contributed by atoms with van der Waals surface area (Å²) in [6, 6.07) is 13.1. The summed E-state index contributed by atoms with van der Waals surface area (Å²) >= 11 is 0. The zero-order valence-electron chi connectivity index (χ0n) is 16.8. The summed E-state index contributed by atoms with van der Waals surface area (Å²) in [7, 11) is 1.59. The molecule has 158 valence electrons. The van der Waals surface area contributed by atoms with Crippen LogP contribution in [0.15, 0.2) is 48.5 Å². The third kappa shape index (κ3) is 4.74. The Bertz CT molecular complexity index is 928. The van der Waals surface area contributed by atoms with Crippen LogP contribution in [0.3, 0.4) is 0 Å². The topological polar surface area (TPSA) is 102 Å². The number of para-hydroxylation sites is 1. The molecule has 1 saturated heterocycles. The molecule has 2 aromatic rings. The maximum Gasteiger partial charge on any atom is 0.339 e. The molecule has 3 rings (SSSR count). The van der Waals surface area contributed by atoms with Gasteiger partial charge in [0, 0.05) is 31.9 Å². The van der Waals surface area contributed by atoms with Crippen LogP contribution in [0.5, 0.6) is 0 Å². The zero-order chi connectivity index (χ0) is 21.7. The van der Waals surface area contributed by atoms with Gasteiger partial charge in [0.05, 0.1) is 23.7 Å². The summed E-state index contributed by atoms with van der Waals surface area (Å²) in [5.74, 6) is -1.21. The van der Waals surface area contributed by atoms with Crippen LogP contribution < -0.4 is 9.80 Å². The molecule has 30 heavy (non-hydrogen) atoms. The fraction of sp³-hybridized carbons (Fsp3) is 0.333. The van der Waals surface area contributed by atoms with E-state index in [4.69, 9.17) is 9.47 Å². The lowest BCUT2D eigenvalue weighted by molar-refractivity contribution is -0.384. The molecule has 0 aromatic heterocycles. The minimum atomic E-state index is -1.05. The van der Waals surface area contributed by atoms with Gasteiger partial charge in [-0.05, 0) is 31.2 Å². The van der Waals surface area contributed by atoms with Gasteiger partial charge in [-0.25, -0.2) is 4.79 Å². The standard InChI is InChI=1S/C21H23N3O6/c1-15(20(25)22(2)17-6-4-3-5-7-17)30-21(26)16-8-9-18(19(14-16)24(27)28)23-10-12-29-13-11-23/h3-9,14-15H,10-13H2,1-2H3/t15-/m0/s1. The molecule has 2 aromatic carbocycles. The number of hydrogen-bond acceptors (Lipinski definition) is 7. The predicted molar refractivity (Wildman–Crippen MR) is 111 cm³/mol. The molecule has 0 saturated carbocycles. The van der Waals surface area contributed by atoms with Gasteiger partial charge in [-0.1, -0.05) is 18.2 Å². The first-order valence-corrected chi connectivity index (χ1v) is 9.53. The van der Waals surface area contributed by atoms with Crippen molar-refractivity contribution in [1.82, 2.24) is 0 Å². The number of esters is 1. The maximum absolute atomic E-state index is 12.6. The number of ether oxygens (including phenoxy) is 2. The third-order valence-corrected chi connectivity index (χ3v) is 4.87. The second-order valence-electron chi connectivity index (χ2n) is 6.84. The van der Waals surface area contributed by atoms with Crippen LogP contribution in [0, 0.1) is 10.1 Å². The molecule has 1 aliphatic rings. The van der Waals surface area contributed by atoms with E-state index in [0.717, 1.165) is 0 Å². The van der Waals surface area contributed by atoms with Crippen LogP contribution in [0.25, 0.3) is 0 Å². The highest BCUT2D eigenvalue weighted by molar-refractivity contribution is 5.99.